The Kier molecular flexibility index (Phi) is 9.33. The van der Waals surface area contributed by atoms with E-state index in [-0.39, 0.29) is 24.0 Å². The SMILES string of the molecule is CN=C(NCCc1ccc(OC)cc1)NCc1ccc(N2CCCC2)nc1.I. The Balaban J connectivity index is 0.00000280. The molecule has 0 amide bonds. The quantitative estimate of drug-likeness (QED) is 0.351. The van der Waals surface area contributed by atoms with Crippen molar-refractivity contribution >= 4 is 35.8 Å². The van der Waals surface area contributed by atoms with Gasteiger partial charge in [0.05, 0.1) is 7.11 Å². The predicted molar refractivity (Wildman–Crippen MR) is 126 cm³/mol. The zero-order valence-corrected chi connectivity index (χ0v) is 19.0. The molecule has 0 aliphatic carbocycles. The number of pyridine rings is 1. The van der Waals surface area contributed by atoms with Gasteiger partial charge in [-0.05, 0) is 48.6 Å². The molecule has 2 aromatic rings. The van der Waals surface area contributed by atoms with Gasteiger partial charge in [0.1, 0.15) is 11.6 Å². The van der Waals surface area contributed by atoms with Crippen molar-refractivity contribution in [3.05, 3.63) is 53.7 Å². The van der Waals surface area contributed by atoms with Crippen LogP contribution in [0, 0.1) is 0 Å². The number of methoxy groups -OCH3 is 1. The molecule has 6 nitrogen and oxygen atoms in total. The first-order valence-corrected chi connectivity index (χ1v) is 9.56. The highest BCUT2D eigenvalue weighted by atomic mass is 127. The molecule has 0 bridgehead atoms. The highest BCUT2D eigenvalue weighted by Crippen LogP contribution is 2.17. The first-order chi connectivity index (χ1) is 13.3. The van der Waals surface area contributed by atoms with Gasteiger partial charge in [0.2, 0.25) is 0 Å². The minimum Gasteiger partial charge on any atom is -0.497 e. The van der Waals surface area contributed by atoms with E-state index in [9.17, 15) is 0 Å². The lowest BCUT2D eigenvalue weighted by Gasteiger charge is -2.16. The van der Waals surface area contributed by atoms with Crippen LogP contribution in [0.15, 0.2) is 47.6 Å². The molecule has 1 aliphatic rings. The molecule has 7 heteroatoms. The Hall–Kier alpha value is -2.03. The summed E-state index contributed by atoms with van der Waals surface area (Å²) in [6.07, 6.45) is 5.41. The summed E-state index contributed by atoms with van der Waals surface area (Å²) in [5.74, 6) is 2.76. The van der Waals surface area contributed by atoms with Gasteiger partial charge in [0.15, 0.2) is 5.96 Å². The number of rotatable bonds is 7. The topological polar surface area (TPSA) is 61.8 Å². The van der Waals surface area contributed by atoms with Crippen LogP contribution in [0.5, 0.6) is 5.75 Å². The third-order valence-corrected chi connectivity index (χ3v) is 4.79. The Bertz CT molecular complexity index is 727. The van der Waals surface area contributed by atoms with Gasteiger partial charge in [-0.2, -0.15) is 0 Å². The molecular weight excluding hydrogens is 465 g/mol. The van der Waals surface area contributed by atoms with Crippen LogP contribution in [0.25, 0.3) is 0 Å². The van der Waals surface area contributed by atoms with Gasteiger partial charge in [-0.25, -0.2) is 4.98 Å². The molecule has 0 unspecified atom stereocenters. The fourth-order valence-corrected chi connectivity index (χ4v) is 3.18. The van der Waals surface area contributed by atoms with Crippen LogP contribution in [0.4, 0.5) is 5.82 Å². The lowest BCUT2D eigenvalue weighted by Crippen LogP contribution is -2.37. The summed E-state index contributed by atoms with van der Waals surface area (Å²) >= 11 is 0. The molecule has 0 saturated carbocycles. The summed E-state index contributed by atoms with van der Waals surface area (Å²) in [5.41, 5.74) is 2.41. The van der Waals surface area contributed by atoms with E-state index in [1.54, 1.807) is 14.2 Å². The molecule has 2 heterocycles. The maximum absolute atomic E-state index is 5.19. The normalized spacial score (nSPS) is 13.8. The lowest BCUT2D eigenvalue weighted by molar-refractivity contribution is 0.414. The minimum atomic E-state index is 0. The van der Waals surface area contributed by atoms with E-state index in [2.05, 4.69) is 49.8 Å². The second kappa shape index (κ2) is 11.7. The van der Waals surface area contributed by atoms with Crippen molar-refractivity contribution in [2.75, 3.05) is 38.7 Å². The van der Waals surface area contributed by atoms with Crippen molar-refractivity contribution in [3.8, 4) is 5.75 Å². The highest BCUT2D eigenvalue weighted by molar-refractivity contribution is 14.0. The number of benzene rings is 1. The van der Waals surface area contributed by atoms with E-state index in [0.29, 0.717) is 6.54 Å². The van der Waals surface area contributed by atoms with E-state index < -0.39 is 0 Å². The molecule has 0 spiro atoms. The van der Waals surface area contributed by atoms with Gasteiger partial charge in [0, 0.05) is 39.4 Å². The average Bonchev–Trinajstić information content (AvgIpc) is 3.26. The summed E-state index contributed by atoms with van der Waals surface area (Å²) < 4.78 is 5.19. The molecule has 1 saturated heterocycles. The number of hydrogen-bond donors (Lipinski definition) is 2. The molecule has 1 aromatic heterocycles. The first-order valence-electron chi connectivity index (χ1n) is 9.56. The van der Waals surface area contributed by atoms with Crippen LogP contribution < -0.4 is 20.3 Å². The molecule has 1 aliphatic heterocycles. The molecule has 2 N–H and O–H groups in total. The van der Waals surface area contributed by atoms with Crippen LogP contribution >= 0.6 is 24.0 Å². The van der Waals surface area contributed by atoms with Crippen molar-refractivity contribution in [3.63, 3.8) is 0 Å². The number of aliphatic imine (C=N–C) groups is 1. The van der Waals surface area contributed by atoms with Crippen LogP contribution in [0.2, 0.25) is 0 Å². The number of nitrogens with one attached hydrogen (secondary N) is 2. The minimum absolute atomic E-state index is 0. The standard InChI is InChI=1S/C21H29N5O.HI/c1-22-21(23-12-11-17-5-8-19(27-2)9-6-17)25-16-18-7-10-20(24-15-18)26-13-3-4-14-26;/h5-10,15H,3-4,11-14,16H2,1-2H3,(H2,22,23,25);1H. The van der Waals surface area contributed by atoms with Crippen LogP contribution in [0.1, 0.15) is 24.0 Å². The summed E-state index contributed by atoms with van der Waals surface area (Å²) in [6, 6.07) is 12.4. The molecule has 28 heavy (non-hydrogen) atoms. The Morgan fingerprint density at radius 2 is 1.79 bits per heavy atom. The Morgan fingerprint density at radius 3 is 2.39 bits per heavy atom. The van der Waals surface area contributed by atoms with Crippen LogP contribution in [-0.2, 0) is 13.0 Å². The van der Waals surface area contributed by atoms with Gasteiger partial charge in [-0.3, -0.25) is 4.99 Å². The third-order valence-electron chi connectivity index (χ3n) is 4.79. The molecule has 0 atom stereocenters. The largest absolute Gasteiger partial charge is 0.497 e. The maximum atomic E-state index is 5.19. The second-order valence-electron chi connectivity index (χ2n) is 6.67. The summed E-state index contributed by atoms with van der Waals surface area (Å²) in [5, 5.41) is 6.70. The van der Waals surface area contributed by atoms with Gasteiger partial charge >= 0.3 is 0 Å². The van der Waals surface area contributed by atoms with Crippen molar-refractivity contribution in [1.82, 2.24) is 15.6 Å². The highest BCUT2D eigenvalue weighted by Gasteiger charge is 2.12. The van der Waals surface area contributed by atoms with Crippen LogP contribution in [0.3, 0.4) is 0 Å². The zero-order chi connectivity index (χ0) is 18.9. The van der Waals surface area contributed by atoms with E-state index >= 15 is 0 Å². The Labute approximate surface area is 184 Å². The molecule has 3 rings (SSSR count). The number of halogens is 1. The lowest BCUT2D eigenvalue weighted by atomic mass is 10.1. The van der Waals surface area contributed by atoms with Crippen molar-refractivity contribution in [2.45, 2.75) is 25.8 Å². The van der Waals surface area contributed by atoms with Crippen LogP contribution in [-0.4, -0.2) is 44.7 Å². The maximum Gasteiger partial charge on any atom is 0.191 e. The molecular formula is C21H30IN5O. The van der Waals surface area contributed by atoms with Crippen molar-refractivity contribution < 1.29 is 4.74 Å². The number of hydrogen-bond acceptors (Lipinski definition) is 4. The van der Waals surface area contributed by atoms with E-state index in [1.807, 2.05) is 18.3 Å². The summed E-state index contributed by atoms with van der Waals surface area (Å²) in [7, 11) is 3.47. The van der Waals surface area contributed by atoms with Gasteiger partial charge < -0.3 is 20.3 Å². The summed E-state index contributed by atoms with van der Waals surface area (Å²) in [6.45, 7) is 3.76. The predicted octanol–water partition coefficient (Wildman–Crippen LogP) is 3.22. The smallest absolute Gasteiger partial charge is 0.191 e. The van der Waals surface area contributed by atoms with Gasteiger partial charge in [-0.1, -0.05) is 18.2 Å². The monoisotopic (exact) mass is 495 g/mol. The average molecular weight is 495 g/mol. The molecule has 1 fully saturated rings. The summed E-state index contributed by atoms with van der Waals surface area (Å²) in [4.78, 5) is 11.2. The number of nitrogens with zero attached hydrogens (tertiary/aromatic N) is 3. The number of aromatic nitrogens is 1. The second-order valence-corrected chi connectivity index (χ2v) is 6.67. The number of anilines is 1. The number of ether oxygens (including phenoxy) is 1. The van der Waals surface area contributed by atoms with Crippen molar-refractivity contribution in [1.29, 1.82) is 0 Å². The zero-order valence-electron chi connectivity index (χ0n) is 16.6. The van der Waals surface area contributed by atoms with E-state index in [1.165, 1.54) is 18.4 Å². The van der Waals surface area contributed by atoms with E-state index in [4.69, 9.17) is 4.74 Å². The number of guanidine groups is 1. The van der Waals surface area contributed by atoms with E-state index in [0.717, 1.165) is 49.1 Å². The fourth-order valence-electron chi connectivity index (χ4n) is 3.18. The third kappa shape index (κ3) is 6.54. The Morgan fingerprint density at radius 1 is 1.07 bits per heavy atom. The fraction of sp³-hybridized carbons (Fsp3) is 0.429. The van der Waals surface area contributed by atoms with Gasteiger partial charge in [-0.15, -0.1) is 24.0 Å². The molecule has 1 aromatic carbocycles. The molecule has 152 valence electrons. The van der Waals surface area contributed by atoms with Gasteiger partial charge in [0.25, 0.3) is 0 Å². The van der Waals surface area contributed by atoms with Crippen molar-refractivity contribution in [2.24, 2.45) is 4.99 Å². The molecule has 0 radical (unpaired) electrons. The first kappa shape index (κ1) is 22.3.